The second-order valence-electron chi connectivity index (χ2n) is 10.2. The number of carbonyl (C=O) groups excluding carboxylic acids is 2. The highest BCUT2D eigenvalue weighted by atomic mass is 35.5. The summed E-state index contributed by atoms with van der Waals surface area (Å²) in [6.45, 7) is 6.41. The number of fused-ring (bicyclic) bond motifs is 2. The Hall–Kier alpha value is -2.63. The van der Waals surface area contributed by atoms with E-state index in [1.165, 1.54) is 11.1 Å². The van der Waals surface area contributed by atoms with Gasteiger partial charge >= 0.3 is 0 Å². The fourth-order valence-electron chi connectivity index (χ4n) is 5.96. The molecule has 2 aliphatic heterocycles. The third-order valence-corrected chi connectivity index (χ3v) is 8.05. The van der Waals surface area contributed by atoms with Crippen LogP contribution >= 0.6 is 12.4 Å². The number of carbonyl (C=O) groups is 2. The summed E-state index contributed by atoms with van der Waals surface area (Å²) in [5, 5.41) is 0. The number of hydrogen-bond donors (Lipinski definition) is 0. The first-order valence-corrected chi connectivity index (χ1v) is 12.6. The number of aryl methyl sites for hydroxylation is 1. The minimum Gasteiger partial charge on any atom is -0.345 e. The summed E-state index contributed by atoms with van der Waals surface area (Å²) in [4.78, 5) is 31.7. The van der Waals surface area contributed by atoms with Crippen molar-refractivity contribution in [3.63, 3.8) is 0 Å². The Bertz CT molecular complexity index is 1110. The molecule has 5 nitrogen and oxygen atoms in total. The number of para-hydroxylation sites is 1. The number of nitrogens with zero attached hydrogens (tertiary/aromatic N) is 3. The quantitative estimate of drug-likeness (QED) is 0.587. The summed E-state index contributed by atoms with van der Waals surface area (Å²) < 4.78 is 0. The number of hydrogen-bond acceptors (Lipinski definition) is 3. The van der Waals surface area contributed by atoms with Crippen molar-refractivity contribution in [1.82, 2.24) is 9.80 Å². The van der Waals surface area contributed by atoms with Crippen LogP contribution < -0.4 is 4.90 Å². The normalized spacial score (nSPS) is 20.7. The van der Waals surface area contributed by atoms with Crippen LogP contribution in [0.2, 0.25) is 0 Å². The summed E-state index contributed by atoms with van der Waals surface area (Å²) in [6, 6.07) is 16.9. The van der Waals surface area contributed by atoms with Crippen molar-refractivity contribution < 1.29 is 9.59 Å². The summed E-state index contributed by atoms with van der Waals surface area (Å²) in [5.74, 6) is -0.105. The Morgan fingerprint density at radius 1 is 1.09 bits per heavy atom. The van der Waals surface area contributed by atoms with Crippen molar-refractivity contribution in [3.8, 4) is 0 Å². The first kappa shape index (κ1) is 25.5. The molecule has 5 rings (SSSR count). The standard InChI is InChI=1S/C29H35N3O2.ClH/c1-22-8-3-6-11-26(22)32(28(34)24-20-27(33)30(2)21-24)17-7-16-31-18-14-29(15-19-31)13-12-23-9-4-5-10-25(23)29;/h3-6,8-13,24H,7,14-21H2,1-2H3;1H. The molecule has 0 radical (unpaired) electrons. The molecule has 2 aromatic carbocycles. The third-order valence-electron chi connectivity index (χ3n) is 8.05. The second kappa shape index (κ2) is 10.5. The molecule has 186 valence electrons. The Morgan fingerprint density at radius 3 is 2.51 bits per heavy atom. The lowest BCUT2D eigenvalue weighted by atomic mass is 9.74. The van der Waals surface area contributed by atoms with Gasteiger partial charge in [-0.1, -0.05) is 54.6 Å². The first-order chi connectivity index (χ1) is 16.5. The van der Waals surface area contributed by atoms with Gasteiger partial charge in [0.25, 0.3) is 0 Å². The predicted octanol–water partition coefficient (Wildman–Crippen LogP) is 4.68. The van der Waals surface area contributed by atoms with E-state index in [0.29, 0.717) is 19.5 Å². The van der Waals surface area contributed by atoms with E-state index in [2.05, 4.69) is 54.3 Å². The van der Waals surface area contributed by atoms with E-state index < -0.39 is 0 Å². The smallest absolute Gasteiger partial charge is 0.232 e. The zero-order chi connectivity index (χ0) is 23.7. The largest absolute Gasteiger partial charge is 0.345 e. The molecule has 2 amide bonds. The summed E-state index contributed by atoms with van der Waals surface area (Å²) in [6.07, 6.45) is 8.27. The third kappa shape index (κ3) is 5.03. The number of amides is 2. The van der Waals surface area contributed by atoms with E-state index in [-0.39, 0.29) is 35.6 Å². The van der Waals surface area contributed by atoms with E-state index in [1.807, 2.05) is 23.1 Å². The number of halogens is 1. The summed E-state index contributed by atoms with van der Waals surface area (Å²) in [7, 11) is 1.79. The SMILES string of the molecule is Cc1ccccc1N(CCCN1CCC2(C=Cc3ccccc32)CC1)C(=O)C1CC(=O)N(C)C1.Cl. The fraction of sp³-hybridized carbons (Fsp3) is 0.448. The number of anilines is 1. The highest BCUT2D eigenvalue weighted by Gasteiger charge is 2.38. The van der Waals surface area contributed by atoms with Crippen molar-refractivity contribution in [3.05, 3.63) is 71.3 Å². The molecule has 2 heterocycles. The van der Waals surface area contributed by atoms with E-state index >= 15 is 0 Å². The van der Waals surface area contributed by atoms with Crippen LogP contribution in [-0.4, -0.2) is 61.4 Å². The van der Waals surface area contributed by atoms with Crippen molar-refractivity contribution in [1.29, 1.82) is 0 Å². The highest BCUT2D eigenvalue weighted by molar-refractivity contribution is 5.99. The molecule has 6 heteroatoms. The van der Waals surface area contributed by atoms with Crippen molar-refractivity contribution >= 4 is 36.0 Å². The van der Waals surface area contributed by atoms with E-state index in [9.17, 15) is 9.59 Å². The molecule has 0 N–H and O–H groups in total. The zero-order valence-electron chi connectivity index (χ0n) is 20.8. The van der Waals surface area contributed by atoms with E-state index in [1.54, 1.807) is 11.9 Å². The van der Waals surface area contributed by atoms with Gasteiger partial charge in [-0.3, -0.25) is 9.59 Å². The second-order valence-corrected chi connectivity index (χ2v) is 10.2. The van der Waals surface area contributed by atoms with Crippen LogP contribution in [0.25, 0.3) is 6.08 Å². The number of benzene rings is 2. The van der Waals surface area contributed by atoms with Gasteiger partial charge in [0.05, 0.1) is 5.92 Å². The lowest BCUT2D eigenvalue weighted by Crippen LogP contribution is -2.43. The molecule has 1 atom stereocenters. The Morgan fingerprint density at radius 2 is 1.80 bits per heavy atom. The molecule has 1 unspecified atom stereocenters. The molecule has 0 aromatic heterocycles. The van der Waals surface area contributed by atoms with Crippen molar-refractivity contribution in [2.24, 2.45) is 5.92 Å². The van der Waals surface area contributed by atoms with Crippen molar-refractivity contribution in [2.45, 2.75) is 38.0 Å². The van der Waals surface area contributed by atoms with Gasteiger partial charge in [0.1, 0.15) is 0 Å². The number of allylic oxidation sites excluding steroid dienone is 1. The fourth-order valence-corrected chi connectivity index (χ4v) is 5.96. The van der Waals surface area contributed by atoms with Crippen LogP contribution in [0.15, 0.2) is 54.6 Å². The first-order valence-electron chi connectivity index (χ1n) is 12.6. The zero-order valence-corrected chi connectivity index (χ0v) is 21.6. The molecule has 35 heavy (non-hydrogen) atoms. The monoisotopic (exact) mass is 493 g/mol. The van der Waals surface area contributed by atoms with Gasteiger partial charge < -0.3 is 14.7 Å². The van der Waals surface area contributed by atoms with Gasteiger partial charge in [0.15, 0.2) is 0 Å². The molecule has 2 fully saturated rings. The summed E-state index contributed by atoms with van der Waals surface area (Å²) in [5.41, 5.74) is 5.14. The molecular formula is C29H36ClN3O2. The minimum absolute atomic E-state index is 0. The van der Waals surface area contributed by atoms with E-state index in [4.69, 9.17) is 0 Å². The Kier molecular flexibility index (Phi) is 7.67. The number of rotatable bonds is 6. The molecule has 0 bridgehead atoms. The topological polar surface area (TPSA) is 43.9 Å². The van der Waals surface area contributed by atoms with Gasteiger partial charge in [0, 0.05) is 37.7 Å². The Labute approximate surface area is 215 Å². The van der Waals surface area contributed by atoms with Gasteiger partial charge in [-0.25, -0.2) is 0 Å². The van der Waals surface area contributed by atoms with Gasteiger partial charge in [-0.15, -0.1) is 12.4 Å². The molecule has 3 aliphatic rings. The lowest BCUT2D eigenvalue weighted by molar-refractivity contribution is -0.127. The van der Waals surface area contributed by atoms with E-state index in [0.717, 1.165) is 50.1 Å². The van der Waals surface area contributed by atoms with Crippen LogP contribution in [0.4, 0.5) is 5.69 Å². The maximum Gasteiger partial charge on any atom is 0.232 e. The minimum atomic E-state index is -0.249. The van der Waals surface area contributed by atoms with Crippen LogP contribution in [0.3, 0.4) is 0 Å². The van der Waals surface area contributed by atoms with Gasteiger partial charge in [0.2, 0.25) is 11.8 Å². The Balaban J connectivity index is 0.00000289. The van der Waals surface area contributed by atoms with Crippen LogP contribution in [0.1, 0.15) is 42.4 Å². The van der Waals surface area contributed by atoms with Crippen LogP contribution in [0, 0.1) is 12.8 Å². The highest BCUT2D eigenvalue weighted by Crippen LogP contribution is 2.43. The van der Waals surface area contributed by atoms with Crippen LogP contribution in [-0.2, 0) is 15.0 Å². The van der Waals surface area contributed by atoms with Crippen LogP contribution in [0.5, 0.6) is 0 Å². The average Bonchev–Trinajstić information content (AvgIpc) is 3.38. The lowest BCUT2D eigenvalue weighted by Gasteiger charge is -2.39. The molecule has 2 aromatic rings. The maximum absolute atomic E-state index is 13.5. The average molecular weight is 494 g/mol. The van der Waals surface area contributed by atoms with Crippen molar-refractivity contribution in [2.75, 3.05) is 44.7 Å². The predicted molar refractivity (Wildman–Crippen MR) is 144 cm³/mol. The summed E-state index contributed by atoms with van der Waals surface area (Å²) >= 11 is 0. The molecule has 0 saturated carbocycles. The number of likely N-dealkylation sites (tertiary alicyclic amines) is 2. The maximum atomic E-state index is 13.5. The molecule has 1 spiro atoms. The number of piperidine rings is 1. The molecule has 2 saturated heterocycles. The molecule has 1 aliphatic carbocycles. The van der Waals surface area contributed by atoms with Gasteiger partial charge in [-0.2, -0.15) is 0 Å². The molecular weight excluding hydrogens is 458 g/mol. The van der Waals surface area contributed by atoms with Gasteiger partial charge in [-0.05, 0) is 68.6 Å².